The molecule has 3 atom stereocenters. The van der Waals surface area contributed by atoms with Gasteiger partial charge in [0.05, 0.1) is 5.92 Å². The van der Waals surface area contributed by atoms with Crippen molar-refractivity contribution in [3.63, 3.8) is 0 Å². The molecule has 1 aliphatic rings. The predicted molar refractivity (Wildman–Crippen MR) is 57.5 cm³/mol. The monoisotopic (exact) mass is 212 g/mol. The number of carbonyl (C=O) groups excluding carboxylic acids is 1. The van der Waals surface area contributed by atoms with E-state index in [1.165, 1.54) is 0 Å². The van der Waals surface area contributed by atoms with Crippen molar-refractivity contribution in [1.29, 1.82) is 0 Å². The van der Waals surface area contributed by atoms with Gasteiger partial charge in [-0.15, -0.1) is 0 Å². The molecule has 0 aromatic carbocycles. The molecule has 3 heteroatoms. The minimum atomic E-state index is -0.727. The number of hydrogen-bond acceptors (Lipinski definition) is 2. The highest BCUT2D eigenvalue weighted by Gasteiger charge is 2.31. The molecular formula is C12H20O3. The van der Waals surface area contributed by atoms with Crippen LogP contribution in [0.3, 0.4) is 0 Å². The van der Waals surface area contributed by atoms with Gasteiger partial charge in [-0.25, -0.2) is 0 Å². The Balaban J connectivity index is 2.49. The molecule has 0 bridgehead atoms. The second-order valence-electron chi connectivity index (χ2n) is 4.62. The molecule has 1 rings (SSSR count). The summed E-state index contributed by atoms with van der Waals surface area (Å²) in [4.78, 5) is 22.4. The number of carboxylic acid groups (broad SMARTS) is 1. The van der Waals surface area contributed by atoms with Crippen LogP contribution in [0, 0.1) is 17.8 Å². The summed E-state index contributed by atoms with van der Waals surface area (Å²) in [6.45, 7) is 3.90. The number of hydrogen-bond donors (Lipinski definition) is 1. The zero-order valence-corrected chi connectivity index (χ0v) is 9.53. The minimum absolute atomic E-state index is 0.124. The number of ketones is 1. The normalized spacial score (nSPS) is 25.2. The van der Waals surface area contributed by atoms with Crippen LogP contribution in [0.1, 0.15) is 46.0 Å². The number of rotatable bonds is 5. The van der Waals surface area contributed by atoms with E-state index in [0.29, 0.717) is 25.0 Å². The lowest BCUT2D eigenvalue weighted by Crippen LogP contribution is -2.22. The lowest BCUT2D eigenvalue weighted by Gasteiger charge is -2.20. The molecule has 15 heavy (non-hydrogen) atoms. The summed E-state index contributed by atoms with van der Waals surface area (Å²) in [5.41, 5.74) is 0. The van der Waals surface area contributed by atoms with Crippen molar-refractivity contribution in [3.05, 3.63) is 0 Å². The van der Waals surface area contributed by atoms with Gasteiger partial charge in [0.25, 0.3) is 0 Å². The molecule has 0 radical (unpaired) electrons. The fraction of sp³-hybridized carbons (Fsp3) is 0.833. The molecule has 0 amide bonds. The third-order valence-electron chi connectivity index (χ3n) is 3.54. The summed E-state index contributed by atoms with van der Waals surface area (Å²) in [5, 5.41) is 8.95. The van der Waals surface area contributed by atoms with Crippen molar-refractivity contribution in [2.45, 2.75) is 46.0 Å². The van der Waals surface area contributed by atoms with Crippen LogP contribution >= 0.6 is 0 Å². The van der Waals surface area contributed by atoms with Gasteiger partial charge in [-0.3, -0.25) is 9.59 Å². The highest BCUT2D eigenvalue weighted by atomic mass is 16.4. The first kappa shape index (κ1) is 12.2. The Morgan fingerprint density at radius 1 is 1.60 bits per heavy atom. The van der Waals surface area contributed by atoms with Crippen molar-refractivity contribution >= 4 is 11.8 Å². The summed E-state index contributed by atoms with van der Waals surface area (Å²) in [6, 6.07) is 0. The average molecular weight is 212 g/mol. The Bertz CT molecular complexity index is 247. The van der Waals surface area contributed by atoms with Gasteiger partial charge in [-0.1, -0.05) is 13.8 Å². The smallest absolute Gasteiger partial charge is 0.306 e. The fourth-order valence-corrected chi connectivity index (χ4v) is 2.50. The van der Waals surface area contributed by atoms with Crippen LogP contribution in [0.2, 0.25) is 0 Å². The van der Waals surface area contributed by atoms with Gasteiger partial charge in [0.15, 0.2) is 0 Å². The quantitative estimate of drug-likeness (QED) is 0.761. The molecule has 3 unspecified atom stereocenters. The van der Waals surface area contributed by atoms with Gasteiger partial charge in [-0.2, -0.15) is 0 Å². The molecule has 1 aliphatic carbocycles. The fourth-order valence-electron chi connectivity index (χ4n) is 2.50. The Labute approximate surface area is 90.9 Å². The molecule has 3 nitrogen and oxygen atoms in total. The molecule has 0 aliphatic heterocycles. The van der Waals surface area contributed by atoms with Crippen LogP contribution < -0.4 is 0 Å². The number of carbonyl (C=O) groups is 2. The number of Topliss-reactive ketones (excluding diaryl/α,β-unsaturated/α-hetero) is 1. The highest BCUT2D eigenvalue weighted by molar-refractivity contribution is 5.83. The first-order valence-corrected chi connectivity index (χ1v) is 5.81. The van der Waals surface area contributed by atoms with E-state index in [0.717, 1.165) is 12.8 Å². The second kappa shape index (κ2) is 5.29. The van der Waals surface area contributed by atoms with Gasteiger partial charge in [0.1, 0.15) is 5.78 Å². The molecule has 1 N–H and O–H groups in total. The van der Waals surface area contributed by atoms with Crippen molar-refractivity contribution in [3.8, 4) is 0 Å². The van der Waals surface area contributed by atoms with Crippen LogP contribution in [0.25, 0.3) is 0 Å². The Morgan fingerprint density at radius 2 is 2.27 bits per heavy atom. The average Bonchev–Trinajstić information content (AvgIpc) is 2.60. The van der Waals surface area contributed by atoms with Crippen LogP contribution in [0.15, 0.2) is 0 Å². The van der Waals surface area contributed by atoms with Crippen LogP contribution in [-0.4, -0.2) is 16.9 Å². The maximum Gasteiger partial charge on any atom is 0.306 e. The van der Waals surface area contributed by atoms with Crippen LogP contribution in [0.5, 0.6) is 0 Å². The minimum Gasteiger partial charge on any atom is -0.481 e. The van der Waals surface area contributed by atoms with Gasteiger partial charge in [0, 0.05) is 12.3 Å². The van der Waals surface area contributed by atoms with Gasteiger partial charge in [-0.05, 0) is 31.6 Å². The van der Waals surface area contributed by atoms with E-state index in [1.54, 1.807) is 0 Å². The van der Waals surface area contributed by atoms with E-state index in [9.17, 15) is 9.59 Å². The summed E-state index contributed by atoms with van der Waals surface area (Å²) >= 11 is 0. The third-order valence-corrected chi connectivity index (χ3v) is 3.54. The topological polar surface area (TPSA) is 54.4 Å². The summed E-state index contributed by atoms with van der Waals surface area (Å²) in [7, 11) is 0. The molecular weight excluding hydrogens is 192 g/mol. The lowest BCUT2D eigenvalue weighted by atomic mass is 9.83. The molecule has 86 valence electrons. The van der Waals surface area contributed by atoms with Gasteiger partial charge >= 0.3 is 5.97 Å². The van der Waals surface area contributed by atoms with Gasteiger partial charge < -0.3 is 5.11 Å². The number of aliphatic carboxylic acids is 1. The van der Waals surface area contributed by atoms with Crippen molar-refractivity contribution in [2.75, 3.05) is 0 Å². The number of carboxylic acids is 1. The molecule has 0 aromatic rings. The largest absolute Gasteiger partial charge is 0.481 e. The second-order valence-corrected chi connectivity index (χ2v) is 4.62. The summed E-state index contributed by atoms with van der Waals surface area (Å²) < 4.78 is 0. The Kier molecular flexibility index (Phi) is 4.30. The van der Waals surface area contributed by atoms with E-state index in [1.807, 2.05) is 13.8 Å². The van der Waals surface area contributed by atoms with Crippen molar-refractivity contribution < 1.29 is 14.7 Å². The third kappa shape index (κ3) is 3.05. The molecule has 0 spiro atoms. The van der Waals surface area contributed by atoms with Gasteiger partial charge in [0.2, 0.25) is 0 Å². The highest BCUT2D eigenvalue weighted by Crippen LogP contribution is 2.32. The predicted octanol–water partition coefficient (Wildman–Crippen LogP) is 2.49. The summed E-state index contributed by atoms with van der Waals surface area (Å²) in [5.74, 6) is -0.328. The standard InChI is InChI=1S/C12H20O3/c1-3-9(12(14)15)7-8(2)10-5-4-6-11(10)13/h8-10H,3-7H2,1-2H3,(H,14,15). The van der Waals surface area contributed by atoms with E-state index in [-0.39, 0.29) is 17.8 Å². The molecule has 0 aromatic heterocycles. The van der Waals surface area contributed by atoms with E-state index in [2.05, 4.69) is 0 Å². The Hall–Kier alpha value is -0.860. The Morgan fingerprint density at radius 3 is 2.67 bits per heavy atom. The molecule has 0 heterocycles. The first-order valence-electron chi connectivity index (χ1n) is 5.81. The van der Waals surface area contributed by atoms with Crippen molar-refractivity contribution in [1.82, 2.24) is 0 Å². The SMILES string of the molecule is CCC(CC(C)C1CCCC1=O)C(=O)O. The van der Waals surface area contributed by atoms with Crippen LogP contribution in [0.4, 0.5) is 0 Å². The lowest BCUT2D eigenvalue weighted by molar-refractivity contribution is -0.143. The molecule has 1 saturated carbocycles. The zero-order valence-electron chi connectivity index (χ0n) is 9.53. The van der Waals surface area contributed by atoms with E-state index < -0.39 is 5.97 Å². The maximum absolute atomic E-state index is 11.5. The summed E-state index contributed by atoms with van der Waals surface area (Å²) in [6.07, 6.45) is 3.93. The maximum atomic E-state index is 11.5. The molecule has 1 fully saturated rings. The first-order chi connectivity index (χ1) is 7.06. The van der Waals surface area contributed by atoms with E-state index >= 15 is 0 Å². The van der Waals surface area contributed by atoms with E-state index in [4.69, 9.17) is 5.11 Å². The molecule has 0 saturated heterocycles. The van der Waals surface area contributed by atoms with Crippen molar-refractivity contribution in [2.24, 2.45) is 17.8 Å². The van der Waals surface area contributed by atoms with Crippen LogP contribution in [-0.2, 0) is 9.59 Å². The zero-order chi connectivity index (χ0) is 11.4.